The summed E-state index contributed by atoms with van der Waals surface area (Å²) in [6.07, 6.45) is 4.89. The Morgan fingerprint density at radius 2 is 2.00 bits per heavy atom. The van der Waals surface area contributed by atoms with Crippen molar-refractivity contribution >= 4 is 5.91 Å². The smallest absolute Gasteiger partial charge is 0.222 e. The molecule has 98 valence electrons. The summed E-state index contributed by atoms with van der Waals surface area (Å²) < 4.78 is 0. The zero-order valence-electron chi connectivity index (χ0n) is 10.5. The second-order valence-corrected chi connectivity index (χ2v) is 5.40. The Balaban J connectivity index is 1.66. The third-order valence-corrected chi connectivity index (χ3v) is 4.15. The monoisotopic (exact) mass is 240 g/mol. The van der Waals surface area contributed by atoms with E-state index in [2.05, 4.69) is 5.32 Å². The molecule has 0 saturated carbocycles. The second-order valence-electron chi connectivity index (χ2n) is 5.40. The number of nitrogens with zero attached hydrogens (tertiary/aromatic N) is 1. The normalized spacial score (nSPS) is 26.4. The molecule has 0 radical (unpaired) electrons. The Morgan fingerprint density at radius 1 is 1.24 bits per heavy atom. The number of carbonyl (C=O) groups excluding carboxylic acids is 1. The number of aliphatic hydroxyl groups excluding tert-OH is 1. The van der Waals surface area contributed by atoms with Gasteiger partial charge in [-0.1, -0.05) is 0 Å². The predicted molar refractivity (Wildman–Crippen MR) is 66.6 cm³/mol. The first-order valence-electron chi connectivity index (χ1n) is 6.89. The van der Waals surface area contributed by atoms with E-state index in [-0.39, 0.29) is 6.61 Å². The molecule has 4 nitrogen and oxygen atoms in total. The molecule has 0 bridgehead atoms. The minimum atomic E-state index is 0.274. The number of carbonyl (C=O) groups is 1. The van der Waals surface area contributed by atoms with Crippen LogP contribution in [0, 0.1) is 11.8 Å². The number of likely N-dealkylation sites (tertiary alicyclic amines) is 1. The van der Waals surface area contributed by atoms with Gasteiger partial charge in [-0.25, -0.2) is 0 Å². The van der Waals surface area contributed by atoms with Crippen LogP contribution in [0.15, 0.2) is 0 Å². The highest BCUT2D eigenvalue weighted by atomic mass is 16.3. The van der Waals surface area contributed by atoms with Crippen molar-refractivity contribution in [3.05, 3.63) is 0 Å². The first kappa shape index (κ1) is 12.8. The Kier molecular flexibility index (Phi) is 4.80. The number of hydrogen-bond donors (Lipinski definition) is 2. The van der Waals surface area contributed by atoms with E-state index in [0.29, 0.717) is 24.2 Å². The summed E-state index contributed by atoms with van der Waals surface area (Å²) in [6, 6.07) is 0. The quantitative estimate of drug-likeness (QED) is 0.757. The van der Waals surface area contributed by atoms with Gasteiger partial charge in [0, 0.05) is 26.1 Å². The van der Waals surface area contributed by atoms with Crippen molar-refractivity contribution < 1.29 is 9.90 Å². The number of hydrogen-bond acceptors (Lipinski definition) is 3. The first-order valence-corrected chi connectivity index (χ1v) is 6.89. The Labute approximate surface area is 103 Å². The van der Waals surface area contributed by atoms with Crippen LogP contribution >= 0.6 is 0 Å². The molecule has 17 heavy (non-hydrogen) atoms. The summed E-state index contributed by atoms with van der Waals surface area (Å²) in [5.74, 6) is 1.43. The van der Waals surface area contributed by atoms with Gasteiger partial charge in [-0.2, -0.15) is 0 Å². The lowest BCUT2D eigenvalue weighted by Crippen LogP contribution is -2.39. The van der Waals surface area contributed by atoms with Crippen molar-refractivity contribution in [1.82, 2.24) is 10.2 Å². The predicted octanol–water partition coefficient (Wildman–Crippen LogP) is 0.607. The van der Waals surface area contributed by atoms with Gasteiger partial charge in [-0.3, -0.25) is 4.79 Å². The molecule has 0 aliphatic carbocycles. The van der Waals surface area contributed by atoms with E-state index in [4.69, 9.17) is 5.11 Å². The van der Waals surface area contributed by atoms with Gasteiger partial charge in [0.1, 0.15) is 0 Å². The van der Waals surface area contributed by atoms with Crippen molar-refractivity contribution in [3.8, 4) is 0 Å². The molecule has 0 spiro atoms. The lowest BCUT2D eigenvalue weighted by molar-refractivity contribution is -0.133. The summed E-state index contributed by atoms with van der Waals surface area (Å²) in [5.41, 5.74) is 0. The van der Waals surface area contributed by atoms with Gasteiger partial charge in [0.2, 0.25) is 5.91 Å². The lowest BCUT2D eigenvalue weighted by Gasteiger charge is -2.31. The van der Waals surface area contributed by atoms with Crippen LogP contribution in [-0.4, -0.2) is 48.7 Å². The fraction of sp³-hybridized carbons (Fsp3) is 0.923. The topological polar surface area (TPSA) is 52.6 Å². The molecule has 2 saturated heterocycles. The average molecular weight is 240 g/mol. The van der Waals surface area contributed by atoms with E-state index in [1.54, 1.807) is 0 Å². The van der Waals surface area contributed by atoms with E-state index in [1.165, 1.54) is 6.42 Å². The standard InChI is InChI=1S/C13H24N2O2/c16-10-12-4-7-15(8-5-12)13(17)2-1-11-3-6-14-9-11/h11-12,14,16H,1-10H2. The number of aliphatic hydroxyl groups is 1. The minimum absolute atomic E-state index is 0.274. The highest BCUT2D eigenvalue weighted by Crippen LogP contribution is 2.19. The molecule has 1 unspecified atom stereocenters. The van der Waals surface area contributed by atoms with Crippen LogP contribution in [0.3, 0.4) is 0 Å². The molecule has 2 N–H and O–H groups in total. The van der Waals surface area contributed by atoms with Gasteiger partial charge < -0.3 is 15.3 Å². The number of piperidine rings is 1. The van der Waals surface area contributed by atoms with Crippen LogP contribution in [0.25, 0.3) is 0 Å². The minimum Gasteiger partial charge on any atom is -0.396 e. The van der Waals surface area contributed by atoms with Crippen LogP contribution in [-0.2, 0) is 4.79 Å². The molecule has 2 fully saturated rings. The molecular formula is C13H24N2O2. The van der Waals surface area contributed by atoms with Crippen molar-refractivity contribution in [1.29, 1.82) is 0 Å². The van der Waals surface area contributed by atoms with Gasteiger partial charge in [-0.05, 0) is 50.6 Å². The van der Waals surface area contributed by atoms with E-state index in [9.17, 15) is 4.79 Å². The molecule has 0 aromatic rings. The maximum absolute atomic E-state index is 12.0. The summed E-state index contributed by atoms with van der Waals surface area (Å²) >= 11 is 0. The molecule has 0 aromatic heterocycles. The summed E-state index contributed by atoms with van der Waals surface area (Å²) in [7, 11) is 0. The van der Waals surface area contributed by atoms with E-state index in [0.717, 1.165) is 45.4 Å². The van der Waals surface area contributed by atoms with Crippen LogP contribution in [0.2, 0.25) is 0 Å². The second kappa shape index (κ2) is 6.36. The van der Waals surface area contributed by atoms with Crippen molar-refractivity contribution in [2.75, 3.05) is 32.8 Å². The Bertz CT molecular complexity index is 244. The van der Waals surface area contributed by atoms with Gasteiger partial charge in [0.25, 0.3) is 0 Å². The maximum atomic E-state index is 12.0. The molecule has 2 aliphatic rings. The Hall–Kier alpha value is -0.610. The van der Waals surface area contributed by atoms with E-state index < -0.39 is 0 Å². The molecular weight excluding hydrogens is 216 g/mol. The third-order valence-electron chi connectivity index (χ3n) is 4.15. The molecule has 2 aliphatic heterocycles. The molecule has 4 heteroatoms. The highest BCUT2D eigenvalue weighted by Gasteiger charge is 2.23. The molecule has 2 rings (SSSR count). The fourth-order valence-electron chi connectivity index (χ4n) is 2.81. The van der Waals surface area contributed by atoms with Crippen LogP contribution in [0.5, 0.6) is 0 Å². The van der Waals surface area contributed by atoms with E-state index >= 15 is 0 Å². The summed E-state index contributed by atoms with van der Waals surface area (Å²) in [5, 5.41) is 12.4. The van der Waals surface area contributed by atoms with Gasteiger partial charge in [0.05, 0.1) is 0 Å². The lowest BCUT2D eigenvalue weighted by atomic mass is 9.97. The van der Waals surface area contributed by atoms with Gasteiger partial charge >= 0.3 is 0 Å². The average Bonchev–Trinajstić information content (AvgIpc) is 2.89. The summed E-state index contributed by atoms with van der Waals surface area (Å²) in [6.45, 7) is 4.15. The third kappa shape index (κ3) is 3.68. The zero-order valence-corrected chi connectivity index (χ0v) is 10.5. The van der Waals surface area contributed by atoms with Gasteiger partial charge in [-0.15, -0.1) is 0 Å². The van der Waals surface area contributed by atoms with Crippen LogP contribution in [0.4, 0.5) is 0 Å². The van der Waals surface area contributed by atoms with Crippen LogP contribution < -0.4 is 5.32 Å². The first-order chi connectivity index (χ1) is 8.29. The van der Waals surface area contributed by atoms with Gasteiger partial charge in [0.15, 0.2) is 0 Å². The maximum Gasteiger partial charge on any atom is 0.222 e. The number of nitrogens with one attached hydrogen (secondary N) is 1. The Morgan fingerprint density at radius 3 is 2.59 bits per heavy atom. The molecule has 1 amide bonds. The molecule has 0 aromatic carbocycles. The zero-order chi connectivity index (χ0) is 12.1. The van der Waals surface area contributed by atoms with Crippen molar-refractivity contribution in [2.45, 2.75) is 32.1 Å². The van der Waals surface area contributed by atoms with Crippen molar-refractivity contribution in [2.24, 2.45) is 11.8 Å². The highest BCUT2D eigenvalue weighted by molar-refractivity contribution is 5.76. The SMILES string of the molecule is O=C(CCC1CCNC1)N1CCC(CO)CC1. The summed E-state index contributed by atoms with van der Waals surface area (Å²) in [4.78, 5) is 14.0. The number of amides is 1. The van der Waals surface area contributed by atoms with E-state index in [1.807, 2.05) is 4.90 Å². The molecule has 1 atom stereocenters. The van der Waals surface area contributed by atoms with Crippen molar-refractivity contribution in [3.63, 3.8) is 0 Å². The molecule has 2 heterocycles. The fourth-order valence-corrected chi connectivity index (χ4v) is 2.81. The largest absolute Gasteiger partial charge is 0.396 e. The van der Waals surface area contributed by atoms with Crippen LogP contribution in [0.1, 0.15) is 32.1 Å². The number of rotatable bonds is 4.